The average Bonchev–Trinajstić information content (AvgIpc) is 2.84. The van der Waals surface area contributed by atoms with Crippen molar-refractivity contribution in [2.45, 2.75) is 25.7 Å². The molecule has 194 valence electrons. The molecule has 0 bridgehead atoms. The molecule has 0 atom stereocenters. The second-order valence-corrected chi connectivity index (χ2v) is 10.7. The Balaban J connectivity index is 1.30. The zero-order valence-electron chi connectivity index (χ0n) is 21.8. The number of nitrogens with one attached hydrogen (secondary N) is 1. The lowest BCUT2D eigenvalue weighted by molar-refractivity contribution is 0.0900. The van der Waals surface area contributed by atoms with Gasteiger partial charge in [-0.15, -0.1) is 0 Å². The van der Waals surface area contributed by atoms with Gasteiger partial charge in [0.1, 0.15) is 5.82 Å². The predicted octanol–water partition coefficient (Wildman–Crippen LogP) is 3.25. The summed E-state index contributed by atoms with van der Waals surface area (Å²) in [4.78, 5) is 22.5. The van der Waals surface area contributed by atoms with Crippen LogP contribution in [-0.4, -0.2) is 61.1 Å². The first-order chi connectivity index (χ1) is 17.8. The summed E-state index contributed by atoms with van der Waals surface area (Å²) in [5, 5.41) is 4.59. The van der Waals surface area contributed by atoms with E-state index in [4.69, 9.17) is 11.6 Å². The monoisotopic (exact) mass is 499 g/mol. The summed E-state index contributed by atoms with van der Waals surface area (Å²) >= 11 is 0. The minimum Gasteiger partial charge on any atom is -0.397 e. The minimum atomic E-state index is -0.115. The number of hydrogen-bond acceptors (Lipinski definition) is 7. The van der Waals surface area contributed by atoms with Crippen LogP contribution >= 0.6 is 0 Å². The second-order valence-electron chi connectivity index (χ2n) is 10.7. The molecule has 3 heterocycles. The number of nitrogens with zero attached hydrogens (tertiary/aromatic N) is 4. The summed E-state index contributed by atoms with van der Waals surface area (Å²) in [5.41, 5.74) is 11.7. The number of likely N-dealkylation sites (tertiary alicyclic amines) is 1. The van der Waals surface area contributed by atoms with Crippen molar-refractivity contribution in [1.82, 2.24) is 20.2 Å². The molecule has 1 aliphatic carbocycles. The third-order valence-electron chi connectivity index (χ3n) is 7.68. The van der Waals surface area contributed by atoms with E-state index in [0.29, 0.717) is 16.7 Å². The topological polar surface area (TPSA) is 104 Å². The first kappa shape index (κ1) is 25.0. The number of fused-ring (bicyclic) bond motifs is 1. The van der Waals surface area contributed by atoms with Crippen LogP contribution in [0.25, 0.3) is 17.8 Å². The number of rotatable bonds is 5. The van der Waals surface area contributed by atoms with E-state index >= 15 is 0 Å². The van der Waals surface area contributed by atoms with Crippen LogP contribution in [-0.2, 0) is 0 Å². The molecule has 2 fully saturated rings. The minimum absolute atomic E-state index is 0.115. The molecule has 0 saturated carbocycles. The molecule has 1 aromatic heterocycles. The zero-order chi connectivity index (χ0) is 26.0. The third kappa shape index (κ3) is 5.70. The quantitative estimate of drug-likeness (QED) is 0.429. The summed E-state index contributed by atoms with van der Waals surface area (Å²) in [6.07, 6.45) is 13.8. The van der Waals surface area contributed by atoms with Crippen LogP contribution in [0.2, 0.25) is 0 Å². The van der Waals surface area contributed by atoms with Gasteiger partial charge in [0.05, 0.1) is 5.70 Å². The van der Waals surface area contributed by atoms with E-state index in [2.05, 4.69) is 39.3 Å². The molecule has 1 spiro atoms. The van der Waals surface area contributed by atoms with Gasteiger partial charge in [-0.05, 0) is 86.8 Å². The normalized spacial score (nSPS) is 21.6. The Morgan fingerprint density at radius 3 is 2.68 bits per heavy atom. The van der Waals surface area contributed by atoms with Gasteiger partial charge in [0, 0.05) is 49.2 Å². The van der Waals surface area contributed by atoms with Gasteiger partial charge in [0.15, 0.2) is 0 Å². The first-order valence-electron chi connectivity index (χ1n) is 13.0. The van der Waals surface area contributed by atoms with Crippen molar-refractivity contribution in [2.24, 2.45) is 17.0 Å². The summed E-state index contributed by atoms with van der Waals surface area (Å²) < 4.78 is 0. The molecular formula is C29H37N7O. The highest BCUT2D eigenvalue weighted by molar-refractivity contribution is 5.96. The molecular weight excluding hydrogens is 462 g/mol. The Bertz CT molecular complexity index is 1250. The van der Waals surface area contributed by atoms with E-state index in [9.17, 15) is 4.79 Å². The number of allylic oxidation sites excluding steroid dienone is 2. The Morgan fingerprint density at radius 2 is 1.92 bits per heavy atom. The summed E-state index contributed by atoms with van der Waals surface area (Å²) in [5.74, 6) is 6.49. The third-order valence-corrected chi connectivity index (χ3v) is 7.68. The lowest BCUT2D eigenvalue weighted by Gasteiger charge is -2.54. The lowest BCUT2D eigenvalue weighted by Crippen LogP contribution is -2.60. The van der Waals surface area contributed by atoms with Crippen molar-refractivity contribution >= 4 is 29.6 Å². The number of carbonyl (C=O) groups excluding carboxylic acids is 1. The van der Waals surface area contributed by atoms with Crippen LogP contribution in [0.4, 0.5) is 5.82 Å². The molecule has 0 radical (unpaired) electrons. The highest BCUT2D eigenvalue weighted by atomic mass is 16.1. The van der Waals surface area contributed by atoms with Gasteiger partial charge < -0.3 is 25.9 Å². The molecule has 5 N–H and O–H groups in total. The molecule has 8 heteroatoms. The molecule has 2 aromatic rings. The van der Waals surface area contributed by atoms with Gasteiger partial charge in [0.2, 0.25) is 0 Å². The number of hydrazine groups is 1. The molecule has 1 aromatic carbocycles. The smallest absolute Gasteiger partial charge is 0.255 e. The van der Waals surface area contributed by atoms with Crippen LogP contribution in [0, 0.1) is 5.41 Å². The maximum atomic E-state index is 13.3. The number of pyridine rings is 1. The van der Waals surface area contributed by atoms with Crippen LogP contribution in [0.15, 0.2) is 54.5 Å². The molecule has 1 amide bonds. The van der Waals surface area contributed by atoms with Gasteiger partial charge in [-0.3, -0.25) is 4.79 Å². The lowest BCUT2D eigenvalue weighted by atomic mass is 9.72. The molecule has 37 heavy (non-hydrogen) atoms. The molecule has 5 rings (SSSR count). The maximum Gasteiger partial charge on any atom is 0.255 e. The Labute approximate surface area is 219 Å². The molecule has 2 saturated heterocycles. The molecule has 0 unspecified atom stereocenters. The predicted molar refractivity (Wildman–Crippen MR) is 150 cm³/mol. The highest BCUT2D eigenvalue weighted by Crippen LogP contribution is 2.41. The number of piperidine rings is 1. The van der Waals surface area contributed by atoms with E-state index in [1.54, 1.807) is 25.5 Å². The largest absolute Gasteiger partial charge is 0.397 e. The van der Waals surface area contributed by atoms with E-state index in [0.717, 1.165) is 67.2 Å². The summed E-state index contributed by atoms with van der Waals surface area (Å²) in [6, 6.07) is 9.75. The van der Waals surface area contributed by atoms with E-state index in [-0.39, 0.29) is 5.91 Å². The number of amides is 1. The standard InChI is InChI=1S/C29H37N7O/c1-34-13-10-29(11-14-34)19-36(20-29)27-17-23(9-12-32-27)28(37)33-25-6-4-3-5-21-7-8-22(15-24(21)16-25)26(30)18-35(2)31/h3,5,7-9,12,15-18H,4,6,10-11,13-14,19-20,30-31H2,1-2H3,(H,33,37)/b5-3-,25-16+,26-18-. The number of anilines is 1. The van der Waals surface area contributed by atoms with Gasteiger partial charge >= 0.3 is 0 Å². The van der Waals surface area contributed by atoms with E-state index in [1.165, 1.54) is 17.9 Å². The zero-order valence-corrected chi connectivity index (χ0v) is 21.8. The van der Waals surface area contributed by atoms with Gasteiger partial charge in [-0.25, -0.2) is 10.8 Å². The Morgan fingerprint density at radius 1 is 1.14 bits per heavy atom. The molecule has 3 aliphatic rings. The van der Waals surface area contributed by atoms with Crippen molar-refractivity contribution in [3.63, 3.8) is 0 Å². The van der Waals surface area contributed by atoms with Gasteiger partial charge in [-0.2, -0.15) is 0 Å². The number of carbonyl (C=O) groups is 1. The van der Waals surface area contributed by atoms with E-state index < -0.39 is 0 Å². The van der Waals surface area contributed by atoms with Crippen molar-refractivity contribution < 1.29 is 4.79 Å². The van der Waals surface area contributed by atoms with Crippen molar-refractivity contribution in [2.75, 3.05) is 45.2 Å². The van der Waals surface area contributed by atoms with Crippen LogP contribution in [0.5, 0.6) is 0 Å². The Kier molecular flexibility index (Phi) is 7.04. The Hall–Kier alpha value is -3.62. The fourth-order valence-electron chi connectivity index (χ4n) is 5.42. The van der Waals surface area contributed by atoms with Gasteiger partial charge in [-0.1, -0.05) is 24.3 Å². The SMILES string of the molecule is CN(N)/C=C(\N)c1ccc2c(c1)/C=C(/NC(=O)c1ccnc(N3CC4(CCN(C)CC4)C3)c1)CC/C=C\2. The van der Waals surface area contributed by atoms with Crippen LogP contribution in [0.3, 0.4) is 0 Å². The number of nitrogens with two attached hydrogens (primary N) is 2. The number of aromatic nitrogens is 1. The van der Waals surface area contributed by atoms with Crippen molar-refractivity contribution in [3.05, 3.63) is 76.8 Å². The summed E-state index contributed by atoms with van der Waals surface area (Å²) in [6.45, 7) is 4.36. The number of benzene rings is 1. The van der Waals surface area contributed by atoms with E-state index in [1.807, 2.05) is 30.3 Å². The fraction of sp³-hybridized carbons (Fsp3) is 0.379. The van der Waals surface area contributed by atoms with Gasteiger partial charge in [0.25, 0.3) is 5.91 Å². The molecule has 2 aliphatic heterocycles. The van der Waals surface area contributed by atoms with Crippen LogP contribution in [0.1, 0.15) is 52.7 Å². The fourth-order valence-corrected chi connectivity index (χ4v) is 5.42. The van der Waals surface area contributed by atoms with Crippen molar-refractivity contribution in [1.29, 1.82) is 0 Å². The molecule has 8 nitrogen and oxygen atoms in total. The average molecular weight is 500 g/mol. The van der Waals surface area contributed by atoms with Crippen LogP contribution < -0.4 is 21.8 Å². The van der Waals surface area contributed by atoms with Crippen molar-refractivity contribution in [3.8, 4) is 0 Å². The maximum absolute atomic E-state index is 13.3. The second kappa shape index (κ2) is 10.4. The highest BCUT2D eigenvalue weighted by Gasteiger charge is 2.44. The number of hydrogen-bond donors (Lipinski definition) is 3. The first-order valence-corrected chi connectivity index (χ1v) is 13.0. The summed E-state index contributed by atoms with van der Waals surface area (Å²) in [7, 11) is 3.93.